The molecule has 1 aromatic heterocycles. The van der Waals surface area contributed by atoms with E-state index in [2.05, 4.69) is 15.4 Å². The van der Waals surface area contributed by atoms with E-state index in [1.807, 2.05) is 54.6 Å². The minimum Gasteiger partial charge on any atom is -0.492 e. The number of hydrogen-bond acceptors (Lipinski definition) is 5. The highest BCUT2D eigenvalue weighted by Gasteiger charge is 2.35. The first-order chi connectivity index (χ1) is 16.2. The largest absolute Gasteiger partial charge is 0.492 e. The summed E-state index contributed by atoms with van der Waals surface area (Å²) in [4.78, 5) is 31.3. The zero-order valence-corrected chi connectivity index (χ0v) is 17.9. The van der Waals surface area contributed by atoms with Crippen LogP contribution in [0.5, 0.6) is 5.75 Å². The molecule has 0 radical (unpaired) electrons. The molecule has 0 bridgehead atoms. The summed E-state index contributed by atoms with van der Waals surface area (Å²) in [6, 6.07) is 21.1. The molecule has 2 amide bonds. The zero-order valence-electron chi connectivity index (χ0n) is 17.9. The molecule has 2 heterocycles. The second-order valence-corrected chi connectivity index (χ2v) is 7.93. The van der Waals surface area contributed by atoms with E-state index in [1.165, 1.54) is 6.33 Å². The van der Waals surface area contributed by atoms with E-state index in [0.29, 0.717) is 31.1 Å². The van der Waals surface area contributed by atoms with Crippen molar-refractivity contribution in [2.75, 3.05) is 23.4 Å². The van der Waals surface area contributed by atoms with Gasteiger partial charge in [-0.05, 0) is 23.6 Å². The van der Waals surface area contributed by atoms with Gasteiger partial charge in [0, 0.05) is 30.1 Å². The molecule has 1 N–H and O–H groups in total. The fraction of sp³-hybridized carbons (Fsp3) is 0.200. The first-order valence-electron chi connectivity index (χ1n) is 10.8. The molecule has 3 aromatic carbocycles. The van der Waals surface area contributed by atoms with Gasteiger partial charge in [-0.1, -0.05) is 42.5 Å². The average molecular weight is 441 g/mol. The molecule has 5 rings (SSSR count). The quantitative estimate of drug-likeness (QED) is 0.474. The number of carbonyl (C=O) groups is 2. The number of aromatic nitrogens is 3. The Hall–Kier alpha value is -4.20. The van der Waals surface area contributed by atoms with E-state index in [9.17, 15) is 9.59 Å². The molecule has 33 heavy (non-hydrogen) atoms. The fourth-order valence-electron chi connectivity index (χ4n) is 4.07. The Labute approximate surface area is 190 Å². The molecule has 4 aromatic rings. The Kier molecular flexibility index (Phi) is 5.72. The first kappa shape index (κ1) is 20.7. The van der Waals surface area contributed by atoms with Gasteiger partial charge in [0.15, 0.2) is 0 Å². The van der Waals surface area contributed by atoms with Crippen molar-refractivity contribution in [3.05, 3.63) is 79.4 Å². The van der Waals surface area contributed by atoms with E-state index in [1.54, 1.807) is 28.0 Å². The lowest BCUT2D eigenvalue weighted by Gasteiger charge is -2.19. The molecule has 1 atom stereocenters. The Balaban J connectivity index is 1.23. The number of nitrogens with zero attached hydrogens (tertiary/aromatic N) is 4. The van der Waals surface area contributed by atoms with Crippen LogP contribution >= 0.6 is 0 Å². The monoisotopic (exact) mass is 441 g/mol. The van der Waals surface area contributed by atoms with Crippen LogP contribution < -0.4 is 15.0 Å². The molecule has 1 unspecified atom stereocenters. The van der Waals surface area contributed by atoms with E-state index < -0.39 is 5.92 Å². The van der Waals surface area contributed by atoms with Gasteiger partial charge in [-0.2, -0.15) is 5.10 Å². The van der Waals surface area contributed by atoms with Gasteiger partial charge in [-0.3, -0.25) is 9.59 Å². The highest BCUT2D eigenvalue weighted by Crippen LogP contribution is 2.32. The van der Waals surface area contributed by atoms with Crippen LogP contribution in [0.2, 0.25) is 0 Å². The lowest BCUT2D eigenvalue weighted by molar-refractivity contribution is -0.122. The van der Waals surface area contributed by atoms with Crippen molar-refractivity contribution in [3.63, 3.8) is 0 Å². The first-order valence-corrected chi connectivity index (χ1v) is 10.8. The molecule has 1 aliphatic heterocycles. The van der Waals surface area contributed by atoms with E-state index in [4.69, 9.17) is 4.74 Å². The summed E-state index contributed by atoms with van der Waals surface area (Å²) >= 11 is 0. The second-order valence-electron chi connectivity index (χ2n) is 7.93. The third kappa shape index (κ3) is 4.55. The molecule has 1 fully saturated rings. The van der Waals surface area contributed by atoms with Crippen molar-refractivity contribution in [3.8, 4) is 5.75 Å². The number of nitrogens with one attached hydrogen (secondary N) is 1. The molecule has 1 saturated heterocycles. The van der Waals surface area contributed by atoms with Gasteiger partial charge in [0.25, 0.3) is 0 Å². The second kappa shape index (κ2) is 9.12. The van der Waals surface area contributed by atoms with Crippen molar-refractivity contribution in [1.29, 1.82) is 0 Å². The van der Waals surface area contributed by atoms with Crippen LogP contribution in [0.1, 0.15) is 6.42 Å². The fourth-order valence-corrected chi connectivity index (χ4v) is 4.07. The molecule has 0 spiro atoms. The number of carbonyl (C=O) groups excluding carboxylic acids is 2. The van der Waals surface area contributed by atoms with Gasteiger partial charge < -0.3 is 15.0 Å². The molecule has 0 aliphatic carbocycles. The lowest BCUT2D eigenvalue weighted by atomic mass is 10.1. The molecule has 8 nitrogen and oxygen atoms in total. The van der Waals surface area contributed by atoms with Gasteiger partial charge in [0.05, 0.1) is 18.2 Å². The lowest BCUT2D eigenvalue weighted by Crippen LogP contribution is -2.28. The molecule has 166 valence electrons. The number of hydrogen-bond donors (Lipinski definition) is 1. The van der Waals surface area contributed by atoms with Crippen molar-refractivity contribution in [1.82, 2.24) is 14.8 Å². The maximum atomic E-state index is 12.9. The summed E-state index contributed by atoms with van der Waals surface area (Å²) in [7, 11) is 0. The summed E-state index contributed by atoms with van der Waals surface area (Å²) in [6.45, 7) is 1.36. The third-order valence-electron chi connectivity index (χ3n) is 5.71. The smallest absolute Gasteiger partial charge is 0.229 e. The molecular weight excluding hydrogens is 418 g/mol. The van der Waals surface area contributed by atoms with Crippen LogP contribution in [0.4, 0.5) is 11.4 Å². The summed E-state index contributed by atoms with van der Waals surface area (Å²) in [5.74, 6) is 0.00343. The Bertz CT molecular complexity index is 1280. The SMILES string of the molecule is O=C(Nc1cccc(OCCn2cncn2)c1)C1CC(=O)N(c2cccc3ccccc23)C1. The number of rotatable bonds is 7. The third-order valence-corrected chi connectivity index (χ3v) is 5.71. The molecule has 1 aliphatic rings. The van der Waals surface area contributed by atoms with Crippen molar-refractivity contribution in [2.45, 2.75) is 13.0 Å². The number of ether oxygens (including phenoxy) is 1. The number of anilines is 2. The van der Waals surface area contributed by atoms with Crippen LogP contribution in [0.3, 0.4) is 0 Å². The minimum absolute atomic E-state index is 0.0447. The van der Waals surface area contributed by atoms with Crippen LogP contribution in [0, 0.1) is 5.92 Å². The van der Waals surface area contributed by atoms with E-state index >= 15 is 0 Å². The maximum absolute atomic E-state index is 12.9. The predicted molar refractivity (Wildman–Crippen MR) is 125 cm³/mol. The van der Waals surface area contributed by atoms with Crippen molar-refractivity contribution >= 4 is 34.0 Å². The van der Waals surface area contributed by atoms with Crippen molar-refractivity contribution in [2.24, 2.45) is 5.92 Å². The van der Waals surface area contributed by atoms with Crippen LogP contribution in [0.25, 0.3) is 10.8 Å². The number of benzene rings is 3. The maximum Gasteiger partial charge on any atom is 0.229 e. The Morgan fingerprint density at radius 2 is 1.94 bits per heavy atom. The van der Waals surface area contributed by atoms with E-state index in [0.717, 1.165) is 16.5 Å². The van der Waals surface area contributed by atoms with Crippen LogP contribution in [0.15, 0.2) is 79.4 Å². The van der Waals surface area contributed by atoms with Gasteiger partial charge in [-0.15, -0.1) is 0 Å². The average Bonchev–Trinajstić information content (AvgIpc) is 3.49. The Morgan fingerprint density at radius 1 is 1.09 bits per heavy atom. The topological polar surface area (TPSA) is 89.3 Å². The summed E-state index contributed by atoms with van der Waals surface area (Å²) in [5, 5.41) is 9.04. The van der Waals surface area contributed by atoms with Gasteiger partial charge in [0.1, 0.15) is 25.0 Å². The van der Waals surface area contributed by atoms with Gasteiger partial charge in [-0.25, -0.2) is 9.67 Å². The van der Waals surface area contributed by atoms with Crippen molar-refractivity contribution < 1.29 is 14.3 Å². The summed E-state index contributed by atoms with van der Waals surface area (Å²) in [6.07, 6.45) is 3.29. The van der Waals surface area contributed by atoms with Crippen LogP contribution in [-0.2, 0) is 16.1 Å². The van der Waals surface area contributed by atoms with E-state index in [-0.39, 0.29) is 18.2 Å². The minimum atomic E-state index is -0.423. The number of fused-ring (bicyclic) bond motifs is 1. The highest BCUT2D eigenvalue weighted by molar-refractivity contribution is 6.08. The Morgan fingerprint density at radius 3 is 2.82 bits per heavy atom. The van der Waals surface area contributed by atoms with Crippen LogP contribution in [-0.4, -0.2) is 39.7 Å². The molecule has 0 saturated carbocycles. The summed E-state index contributed by atoms with van der Waals surface area (Å²) < 4.78 is 7.44. The highest BCUT2D eigenvalue weighted by atomic mass is 16.5. The summed E-state index contributed by atoms with van der Waals surface area (Å²) in [5.41, 5.74) is 1.48. The number of amides is 2. The zero-order chi connectivity index (χ0) is 22.6. The van der Waals surface area contributed by atoms with Gasteiger partial charge in [0.2, 0.25) is 11.8 Å². The normalized spacial score (nSPS) is 15.7. The predicted octanol–water partition coefficient (Wildman–Crippen LogP) is 3.50. The molecule has 8 heteroatoms. The standard InChI is InChI=1S/C25H23N5O3/c31-24-13-19(15-30(24)23-10-3-6-18-5-1-2-9-22(18)23)25(32)28-20-7-4-8-21(14-20)33-12-11-29-17-26-16-27-29/h1-10,14,16-17,19H,11-13,15H2,(H,28,32). The molecular formula is C25H23N5O3. The van der Waals surface area contributed by atoms with Gasteiger partial charge >= 0.3 is 0 Å².